The summed E-state index contributed by atoms with van der Waals surface area (Å²) in [6.45, 7) is 2.61. The molecule has 17 heavy (non-hydrogen) atoms. The highest BCUT2D eigenvalue weighted by atomic mass is 32.1. The number of ether oxygens (including phenoxy) is 1. The van der Waals surface area contributed by atoms with Crippen LogP contribution in [0, 0.1) is 0 Å². The van der Waals surface area contributed by atoms with E-state index in [1.165, 1.54) is 6.92 Å². The quantitative estimate of drug-likeness (QED) is 0.788. The maximum atomic E-state index is 11.3. The zero-order chi connectivity index (χ0) is 12.4. The highest BCUT2D eigenvalue weighted by molar-refractivity contribution is 7.17. The maximum Gasteiger partial charge on any atom is 0.356 e. The van der Waals surface area contributed by atoms with E-state index in [9.17, 15) is 9.59 Å². The molecule has 0 bridgehead atoms. The number of carbonyl (C=O) groups excluding carboxylic acids is 1. The normalized spacial score (nSPS) is 19.2. The molecule has 1 fully saturated rings. The molecule has 1 aliphatic heterocycles. The lowest BCUT2D eigenvalue weighted by molar-refractivity contribution is 0.0687. The lowest BCUT2D eigenvalue weighted by atomic mass is 10.3. The number of carboxylic acids is 1. The van der Waals surface area contributed by atoms with Crippen molar-refractivity contribution in [2.45, 2.75) is 19.4 Å². The number of nitrogens with one attached hydrogen (secondary N) is 1. The smallest absolute Gasteiger partial charge is 0.356 e. The number of carboxylic acid groups (broad SMARTS) is 1. The van der Waals surface area contributed by atoms with Gasteiger partial charge >= 0.3 is 5.97 Å². The van der Waals surface area contributed by atoms with Gasteiger partial charge in [-0.2, -0.15) is 0 Å². The molecule has 7 heteroatoms. The molecule has 1 aromatic heterocycles. The molecule has 0 radical (unpaired) electrons. The topological polar surface area (TPSA) is 88.5 Å². The Balaban J connectivity index is 2.20. The Morgan fingerprint density at radius 3 is 2.82 bits per heavy atom. The standard InChI is InChI=1S/C10H12N2O4S/c1-5(13)8-7(9(14)15)12-10(17-8)11-6-2-3-16-4-6/h6H,2-4H2,1H3,(H,11,12)(H,14,15). The van der Waals surface area contributed by atoms with Crippen LogP contribution in [-0.4, -0.2) is 41.1 Å². The van der Waals surface area contributed by atoms with E-state index >= 15 is 0 Å². The minimum absolute atomic E-state index is 0.141. The van der Waals surface area contributed by atoms with Gasteiger partial charge in [-0.1, -0.05) is 11.3 Å². The Morgan fingerprint density at radius 1 is 1.59 bits per heavy atom. The van der Waals surface area contributed by atoms with E-state index in [1.807, 2.05) is 0 Å². The van der Waals surface area contributed by atoms with Crippen LogP contribution in [0.2, 0.25) is 0 Å². The van der Waals surface area contributed by atoms with Crippen molar-refractivity contribution in [1.82, 2.24) is 4.98 Å². The van der Waals surface area contributed by atoms with Gasteiger partial charge in [-0.15, -0.1) is 0 Å². The second-order valence-electron chi connectivity index (χ2n) is 3.76. The summed E-state index contributed by atoms with van der Waals surface area (Å²) in [6, 6.07) is 0.141. The van der Waals surface area contributed by atoms with E-state index in [4.69, 9.17) is 9.84 Å². The van der Waals surface area contributed by atoms with Crippen molar-refractivity contribution in [3.63, 3.8) is 0 Å². The summed E-state index contributed by atoms with van der Waals surface area (Å²) < 4.78 is 5.19. The Morgan fingerprint density at radius 2 is 2.35 bits per heavy atom. The van der Waals surface area contributed by atoms with E-state index < -0.39 is 5.97 Å². The van der Waals surface area contributed by atoms with Crippen LogP contribution in [0.5, 0.6) is 0 Å². The molecule has 0 aromatic carbocycles. The summed E-state index contributed by atoms with van der Waals surface area (Å²) in [5, 5.41) is 12.5. The Kier molecular flexibility index (Phi) is 3.39. The highest BCUT2D eigenvalue weighted by Gasteiger charge is 2.23. The molecular weight excluding hydrogens is 244 g/mol. The first-order valence-electron chi connectivity index (χ1n) is 5.17. The molecule has 1 aromatic rings. The van der Waals surface area contributed by atoms with Crippen LogP contribution in [-0.2, 0) is 4.74 Å². The van der Waals surface area contributed by atoms with Crippen LogP contribution in [0.15, 0.2) is 0 Å². The van der Waals surface area contributed by atoms with Crippen LogP contribution < -0.4 is 5.32 Å². The molecular formula is C10H12N2O4S. The summed E-state index contributed by atoms with van der Waals surface area (Å²) in [4.78, 5) is 26.3. The van der Waals surface area contributed by atoms with Crippen LogP contribution >= 0.6 is 11.3 Å². The van der Waals surface area contributed by atoms with Crippen molar-refractivity contribution in [3.8, 4) is 0 Å². The lowest BCUT2D eigenvalue weighted by Gasteiger charge is -2.07. The number of aromatic carboxylic acids is 1. The minimum atomic E-state index is -1.18. The fourth-order valence-electron chi connectivity index (χ4n) is 1.59. The Hall–Kier alpha value is -1.47. The third-order valence-corrected chi connectivity index (χ3v) is 3.49. The van der Waals surface area contributed by atoms with Gasteiger partial charge in [0, 0.05) is 13.5 Å². The molecule has 6 nitrogen and oxygen atoms in total. The second kappa shape index (κ2) is 4.80. The molecule has 0 saturated carbocycles. The Bertz CT molecular complexity index is 420. The molecule has 2 rings (SSSR count). The number of hydrogen-bond donors (Lipinski definition) is 2. The number of hydrogen-bond acceptors (Lipinski definition) is 6. The van der Waals surface area contributed by atoms with Gasteiger partial charge in [-0.25, -0.2) is 9.78 Å². The molecule has 1 atom stereocenters. The van der Waals surface area contributed by atoms with Gasteiger partial charge in [-0.05, 0) is 6.42 Å². The van der Waals surface area contributed by atoms with Crippen LogP contribution in [0.25, 0.3) is 0 Å². The number of thiazole rings is 1. The van der Waals surface area contributed by atoms with Crippen molar-refractivity contribution in [1.29, 1.82) is 0 Å². The van der Waals surface area contributed by atoms with Gasteiger partial charge < -0.3 is 15.2 Å². The highest BCUT2D eigenvalue weighted by Crippen LogP contribution is 2.25. The molecule has 92 valence electrons. The van der Waals surface area contributed by atoms with Gasteiger partial charge in [0.25, 0.3) is 0 Å². The van der Waals surface area contributed by atoms with Crippen molar-refractivity contribution in [3.05, 3.63) is 10.6 Å². The first-order valence-corrected chi connectivity index (χ1v) is 5.99. The number of carbonyl (C=O) groups is 2. The first-order chi connectivity index (χ1) is 8.08. The van der Waals surface area contributed by atoms with E-state index in [1.54, 1.807) is 0 Å². The number of rotatable bonds is 4. The number of ketones is 1. The molecule has 1 unspecified atom stereocenters. The van der Waals surface area contributed by atoms with Crippen LogP contribution in [0.4, 0.5) is 5.13 Å². The summed E-state index contributed by atoms with van der Waals surface area (Å²) in [5.74, 6) is -1.46. The molecule has 1 aliphatic rings. The summed E-state index contributed by atoms with van der Waals surface area (Å²) in [5.41, 5.74) is -0.177. The van der Waals surface area contributed by atoms with E-state index in [2.05, 4.69) is 10.3 Å². The van der Waals surface area contributed by atoms with Crippen LogP contribution in [0.3, 0.4) is 0 Å². The summed E-state index contributed by atoms with van der Waals surface area (Å²) >= 11 is 1.07. The zero-order valence-corrected chi connectivity index (χ0v) is 10.0. The van der Waals surface area contributed by atoms with Gasteiger partial charge in [0.1, 0.15) is 4.88 Å². The SMILES string of the molecule is CC(=O)c1sc(NC2CCOC2)nc1C(=O)O. The summed E-state index contributed by atoms with van der Waals surface area (Å²) in [7, 11) is 0. The number of aromatic nitrogens is 1. The lowest BCUT2D eigenvalue weighted by Crippen LogP contribution is -2.18. The predicted octanol–water partition coefficient (Wildman–Crippen LogP) is 1.24. The molecule has 0 aliphatic carbocycles. The maximum absolute atomic E-state index is 11.3. The van der Waals surface area contributed by atoms with Crippen molar-refractivity contribution < 1.29 is 19.4 Å². The van der Waals surface area contributed by atoms with E-state index in [0.29, 0.717) is 18.3 Å². The summed E-state index contributed by atoms with van der Waals surface area (Å²) in [6.07, 6.45) is 0.859. The largest absolute Gasteiger partial charge is 0.476 e. The van der Waals surface area contributed by atoms with Gasteiger partial charge in [-0.3, -0.25) is 4.79 Å². The van der Waals surface area contributed by atoms with Gasteiger partial charge in [0.15, 0.2) is 16.6 Å². The molecule has 2 N–H and O–H groups in total. The molecule has 1 saturated heterocycles. The zero-order valence-electron chi connectivity index (χ0n) is 9.23. The monoisotopic (exact) mass is 256 g/mol. The third kappa shape index (κ3) is 2.62. The molecule has 2 heterocycles. The molecule has 0 amide bonds. The predicted molar refractivity (Wildman–Crippen MR) is 61.9 cm³/mol. The fraction of sp³-hybridized carbons (Fsp3) is 0.500. The average Bonchev–Trinajstić information content (AvgIpc) is 2.86. The minimum Gasteiger partial charge on any atom is -0.476 e. The van der Waals surface area contributed by atoms with Gasteiger partial charge in [0.05, 0.1) is 12.6 Å². The fourth-order valence-corrected chi connectivity index (χ4v) is 2.52. The van der Waals surface area contributed by atoms with Crippen molar-refractivity contribution >= 4 is 28.2 Å². The Labute approximate surface area is 102 Å². The van der Waals surface area contributed by atoms with Gasteiger partial charge in [0.2, 0.25) is 0 Å². The number of Topliss-reactive ketones (excluding diaryl/α,β-unsaturated/α-hetero) is 1. The van der Waals surface area contributed by atoms with Crippen molar-refractivity contribution in [2.24, 2.45) is 0 Å². The van der Waals surface area contributed by atoms with Crippen LogP contribution in [0.1, 0.15) is 33.5 Å². The number of anilines is 1. The molecule has 0 spiro atoms. The third-order valence-electron chi connectivity index (χ3n) is 2.41. The first kappa shape index (κ1) is 12.0. The van der Waals surface area contributed by atoms with E-state index in [0.717, 1.165) is 17.8 Å². The van der Waals surface area contributed by atoms with E-state index in [-0.39, 0.29) is 22.4 Å². The average molecular weight is 256 g/mol. The number of nitrogens with zero attached hydrogens (tertiary/aromatic N) is 1. The second-order valence-corrected chi connectivity index (χ2v) is 4.76. The van der Waals surface area contributed by atoms with Crippen molar-refractivity contribution in [2.75, 3.05) is 18.5 Å².